The maximum Gasteiger partial charge on any atom is 0.433 e. The van der Waals surface area contributed by atoms with Crippen LogP contribution in [0.4, 0.5) is 13.2 Å². The molecule has 0 spiro atoms. The second-order valence-electron chi connectivity index (χ2n) is 5.77. The molecule has 0 aliphatic heterocycles. The van der Waals surface area contributed by atoms with Crippen molar-refractivity contribution in [1.82, 2.24) is 29.7 Å². The highest BCUT2D eigenvalue weighted by Crippen LogP contribution is 2.32. The van der Waals surface area contributed by atoms with Crippen molar-refractivity contribution in [2.24, 2.45) is 7.05 Å². The summed E-state index contributed by atoms with van der Waals surface area (Å²) in [6.45, 7) is 3.33. The number of carbonyl (C=O) groups excluding carboxylic acids is 1. The molecule has 0 aliphatic carbocycles. The van der Waals surface area contributed by atoms with Crippen molar-refractivity contribution in [2.75, 3.05) is 0 Å². The van der Waals surface area contributed by atoms with Gasteiger partial charge in [0, 0.05) is 31.0 Å². The molecule has 0 fully saturated rings. The summed E-state index contributed by atoms with van der Waals surface area (Å²) in [7, 11) is 1.74. The van der Waals surface area contributed by atoms with Crippen molar-refractivity contribution >= 4 is 23.2 Å². The normalized spacial score (nSPS) is 12.0. The zero-order chi connectivity index (χ0) is 19.2. The average molecular weight is 387 g/mol. The van der Waals surface area contributed by atoms with Gasteiger partial charge in [-0.05, 0) is 19.9 Å². The number of amides is 1. The second kappa shape index (κ2) is 6.27. The molecular formula is C15H14ClF3N6O. The van der Waals surface area contributed by atoms with Crippen LogP contribution in [0.15, 0.2) is 12.3 Å². The molecular weight excluding hydrogens is 373 g/mol. The van der Waals surface area contributed by atoms with Gasteiger partial charge < -0.3 is 5.32 Å². The lowest BCUT2D eigenvalue weighted by Crippen LogP contribution is -2.24. The molecule has 0 radical (unpaired) electrons. The molecule has 0 aliphatic rings. The van der Waals surface area contributed by atoms with Crippen LogP contribution in [0.1, 0.15) is 33.1 Å². The maximum absolute atomic E-state index is 13.2. The van der Waals surface area contributed by atoms with Gasteiger partial charge in [-0.25, -0.2) is 9.50 Å². The number of carbonyl (C=O) groups is 1. The lowest BCUT2D eigenvalue weighted by molar-refractivity contribution is -0.142. The lowest BCUT2D eigenvalue weighted by Gasteiger charge is -2.09. The molecule has 1 N–H and O–H groups in total. The van der Waals surface area contributed by atoms with E-state index in [2.05, 4.69) is 20.5 Å². The number of aromatic nitrogens is 5. The highest BCUT2D eigenvalue weighted by Gasteiger charge is 2.36. The van der Waals surface area contributed by atoms with Crippen molar-refractivity contribution < 1.29 is 18.0 Å². The van der Waals surface area contributed by atoms with Gasteiger partial charge >= 0.3 is 6.18 Å². The third kappa shape index (κ3) is 3.24. The van der Waals surface area contributed by atoms with Crippen LogP contribution >= 0.6 is 11.6 Å². The smallest absolute Gasteiger partial charge is 0.346 e. The van der Waals surface area contributed by atoms with Gasteiger partial charge in [0.15, 0.2) is 11.3 Å². The van der Waals surface area contributed by atoms with Gasteiger partial charge in [0.25, 0.3) is 5.91 Å². The minimum absolute atomic E-state index is 0.115. The molecule has 0 unspecified atom stereocenters. The Morgan fingerprint density at radius 2 is 2.00 bits per heavy atom. The predicted octanol–water partition coefficient (Wildman–Crippen LogP) is 2.68. The monoisotopic (exact) mass is 386 g/mol. The predicted molar refractivity (Wildman–Crippen MR) is 86.9 cm³/mol. The Bertz CT molecular complexity index is 1010. The van der Waals surface area contributed by atoms with Crippen LogP contribution in [0.2, 0.25) is 5.02 Å². The second-order valence-corrected chi connectivity index (χ2v) is 6.15. The van der Waals surface area contributed by atoms with Gasteiger partial charge in [0.05, 0.1) is 5.69 Å². The van der Waals surface area contributed by atoms with Crippen LogP contribution in [0.25, 0.3) is 5.65 Å². The third-order valence-corrected chi connectivity index (χ3v) is 4.07. The molecule has 26 heavy (non-hydrogen) atoms. The van der Waals surface area contributed by atoms with Gasteiger partial charge in [-0.3, -0.25) is 9.48 Å². The lowest BCUT2D eigenvalue weighted by atomic mass is 10.2. The number of fused-ring (bicyclic) bond motifs is 1. The number of hydrogen-bond donors (Lipinski definition) is 1. The van der Waals surface area contributed by atoms with Crippen molar-refractivity contribution in [3.63, 3.8) is 0 Å². The zero-order valence-electron chi connectivity index (χ0n) is 14.0. The number of rotatable bonds is 3. The number of nitrogens with one attached hydrogen (secondary N) is 1. The van der Waals surface area contributed by atoms with Crippen LogP contribution in [0.5, 0.6) is 0 Å². The summed E-state index contributed by atoms with van der Waals surface area (Å²) in [5, 5.41) is 10.2. The van der Waals surface area contributed by atoms with E-state index in [1.165, 1.54) is 6.92 Å². The molecule has 3 rings (SSSR count). The number of hydrogen-bond acceptors (Lipinski definition) is 4. The molecule has 138 valence electrons. The molecule has 1 amide bonds. The minimum Gasteiger partial charge on any atom is -0.346 e. The number of aryl methyl sites for hydroxylation is 3. The van der Waals surface area contributed by atoms with E-state index in [1.54, 1.807) is 24.9 Å². The van der Waals surface area contributed by atoms with Gasteiger partial charge in [-0.1, -0.05) is 11.6 Å². The van der Waals surface area contributed by atoms with Crippen molar-refractivity contribution in [3.05, 3.63) is 45.6 Å². The Hall–Kier alpha value is -2.62. The van der Waals surface area contributed by atoms with E-state index in [1.807, 2.05) is 0 Å². The Morgan fingerprint density at radius 1 is 1.31 bits per heavy atom. The summed E-state index contributed by atoms with van der Waals surface area (Å²) >= 11 is 6.07. The van der Waals surface area contributed by atoms with Gasteiger partial charge in [0.2, 0.25) is 0 Å². The standard InChI is InChI=1S/C15H14ClF3N6O/c1-7-4-10(15(17,18)19)25-13(21-7)11(16)12(23-25)14(26)20-5-9-6-24(3)22-8(9)2/h4,6H,5H2,1-3H3,(H,20,26). The molecule has 3 aromatic rings. The van der Waals surface area contributed by atoms with E-state index in [4.69, 9.17) is 11.6 Å². The number of alkyl halides is 3. The summed E-state index contributed by atoms with van der Waals surface area (Å²) in [5.41, 5.74) is 0.0170. The van der Waals surface area contributed by atoms with Crippen LogP contribution in [-0.2, 0) is 19.8 Å². The summed E-state index contributed by atoms with van der Waals surface area (Å²) in [6.07, 6.45) is -2.94. The molecule has 0 bridgehead atoms. The molecule has 3 heterocycles. The van der Waals surface area contributed by atoms with Gasteiger partial charge in [0.1, 0.15) is 10.7 Å². The van der Waals surface area contributed by atoms with E-state index < -0.39 is 17.8 Å². The third-order valence-electron chi connectivity index (χ3n) is 3.72. The Kier molecular flexibility index (Phi) is 4.39. The van der Waals surface area contributed by atoms with Crippen molar-refractivity contribution in [2.45, 2.75) is 26.6 Å². The fourth-order valence-corrected chi connectivity index (χ4v) is 2.79. The van der Waals surface area contributed by atoms with Gasteiger partial charge in [-0.15, -0.1) is 0 Å². The summed E-state index contributed by atoms with van der Waals surface area (Å²) in [4.78, 5) is 16.3. The van der Waals surface area contributed by atoms with Gasteiger partial charge in [-0.2, -0.15) is 23.4 Å². The zero-order valence-corrected chi connectivity index (χ0v) is 14.8. The Labute approximate surface area is 150 Å². The van der Waals surface area contributed by atoms with E-state index in [9.17, 15) is 18.0 Å². The Morgan fingerprint density at radius 3 is 2.58 bits per heavy atom. The molecule has 3 aromatic heterocycles. The fourth-order valence-electron chi connectivity index (χ4n) is 2.54. The largest absolute Gasteiger partial charge is 0.433 e. The molecule has 0 atom stereocenters. The highest BCUT2D eigenvalue weighted by molar-refractivity contribution is 6.36. The van der Waals surface area contributed by atoms with Crippen LogP contribution in [-0.4, -0.2) is 30.3 Å². The fraction of sp³-hybridized carbons (Fsp3) is 0.333. The summed E-state index contributed by atoms with van der Waals surface area (Å²) in [5.74, 6) is -0.700. The first kappa shape index (κ1) is 18.2. The summed E-state index contributed by atoms with van der Waals surface area (Å²) in [6, 6.07) is 0.844. The SMILES string of the molecule is Cc1cc(C(F)(F)F)n2nc(C(=O)NCc3cn(C)nc3C)c(Cl)c2n1. The van der Waals surface area contributed by atoms with E-state index >= 15 is 0 Å². The first-order valence-electron chi connectivity index (χ1n) is 7.48. The summed E-state index contributed by atoms with van der Waals surface area (Å²) < 4.78 is 41.8. The van der Waals surface area contributed by atoms with Crippen LogP contribution in [0, 0.1) is 13.8 Å². The van der Waals surface area contributed by atoms with Crippen molar-refractivity contribution in [1.29, 1.82) is 0 Å². The highest BCUT2D eigenvalue weighted by atomic mass is 35.5. The average Bonchev–Trinajstić information content (AvgIpc) is 3.03. The molecule has 11 heteroatoms. The first-order chi connectivity index (χ1) is 12.1. The van der Waals surface area contributed by atoms with Crippen molar-refractivity contribution in [3.8, 4) is 0 Å². The molecule has 0 saturated carbocycles. The number of halogens is 4. The topological polar surface area (TPSA) is 77.1 Å². The van der Waals surface area contributed by atoms with E-state index in [0.29, 0.717) is 4.52 Å². The maximum atomic E-state index is 13.2. The molecule has 7 nitrogen and oxygen atoms in total. The Balaban J connectivity index is 1.96. The van der Waals surface area contributed by atoms with E-state index in [0.717, 1.165) is 17.3 Å². The van der Waals surface area contributed by atoms with E-state index in [-0.39, 0.29) is 28.6 Å². The first-order valence-corrected chi connectivity index (χ1v) is 7.86. The molecule has 0 saturated heterocycles. The van der Waals surface area contributed by atoms with Crippen LogP contribution < -0.4 is 5.32 Å². The quantitative estimate of drug-likeness (QED) is 0.750. The molecule has 0 aromatic carbocycles. The number of nitrogens with zero attached hydrogens (tertiary/aromatic N) is 5. The van der Waals surface area contributed by atoms with Crippen LogP contribution in [0.3, 0.4) is 0 Å². The minimum atomic E-state index is -4.66.